The van der Waals surface area contributed by atoms with Crippen molar-refractivity contribution in [2.75, 3.05) is 5.43 Å². The van der Waals surface area contributed by atoms with Gasteiger partial charge in [0.2, 0.25) is 5.16 Å². The summed E-state index contributed by atoms with van der Waals surface area (Å²) >= 11 is 9.01. The number of nitrogens with zero attached hydrogens (tertiary/aromatic N) is 3. The molecule has 2 aromatic carbocycles. The van der Waals surface area contributed by atoms with Crippen molar-refractivity contribution in [3.8, 4) is 0 Å². The first kappa shape index (κ1) is 20.7. The molecule has 9 heteroatoms. The molecule has 3 rings (SSSR count). The molecule has 1 aromatic heterocycles. The van der Waals surface area contributed by atoms with Crippen molar-refractivity contribution >= 4 is 57.6 Å². The minimum Gasteiger partial charge on any atom is -0.298 e. The quantitative estimate of drug-likeness (QED) is 0.289. The monoisotopic (exact) mass is 523 g/mol. The molecule has 0 radical (unpaired) electrons. The van der Waals surface area contributed by atoms with E-state index in [4.69, 9.17) is 12.2 Å². The Balaban J connectivity index is 1.68. The van der Waals surface area contributed by atoms with Gasteiger partial charge in [-0.1, -0.05) is 61.2 Å². The van der Waals surface area contributed by atoms with Gasteiger partial charge in [-0.15, -0.1) is 10.2 Å². The molecule has 1 heterocycles. The Labute approximate surface area is 186 Å². The second-order valence-electron chi connectivity index (χ2n) is 5.74. The maximum Gasteiger partial charge on any atom is 0.258 e. The highest BCUT2D eigenvalue weighted by atomic mass is 127. The highest BCUT2D eigenvalue weighted by molar-refractivity contribution is 14.1. The molecule has 6 nitrogen and oxygen atoms in total. The van der Waals surface area contributed by atoms with Crippen molar-refractivity contribution in [1.29, 1.82) is 0 Å². The third-order valence-electron chi connectivity index (χ3n) is 3.79. The molecule has 3 aromatic rings. The summed E-state index contributed by atoms with van der Waals surface area (Å²) in [6.45, 7) is 1.99. The molecule has 1 amide bonds. The number of thiocarbonyl (C=S) groups is 1. The number of rotatable bonds is 6. The van der Waals surface area contributed by atoms with Gasteiger partial charge in [-0.25, -0.2) is 4.68 Å². The number of aromatic nitrogens is 3. The van der Waals surface area contributed by atoms with Gasteiger partial charge in [0.1, 0.15) is 0 Å². The molecule has 28 heavy (non-hydrogen) atoms. The van der Waals surface area contributed by atoms with Crippen molar-refractivity contribution in [2.24, 2.45) is 0 Å². The van der Waals surface area contributed by atoms with Crippen molar-refractivity contribution in [3.63, 3.8) is 0 Å². The highest BCUT2D eigenvalue weighted by Gasteiger charge is 2.15. The Morgan fingerprint density at radius 3 is 2.57 bits per heavy atom. The lowest BCUT2D eigenvalue weighted by molar-refractivity contribution is 0.0976. The molecular formula is C19H18IN5OS2. The average Bonchev–Trinajstić information content (AvgIpc) is 3.08. The molecule has 0 spiro atoms. The van der Waals surface area contributed by atoms with Crippen molar-refractivity contribution < 1.29 is 4.79 Å². The van der Waals surface area contributed by atoms with Crippen LogP contribution in [0.3, 0.4) is 0 Å². The van der Waals surface area contributed by atoms with Crippen LogP contribution in [0.15, 0.2) is 59.8 Å². The maximum absolute atomic E-state index is 12.5. The van der Waals surface area contributed by atoms with Crippen LogP contribution in [0.1, 0.15) is 28.7 Å². The SMILES string of the molecule is CCc1nnc(SCc2ccccc2)n1NC(=S)NC(=O)c1ccccc1I. The first-order valence-corrected chi connectivity index (χ1v) is 11.0. The van der Waals surface area contributed by atoms with E-state index in [1.165, 1.54) is 5.56 Å². The number of carbonyl (C=O) groups excluding carboxylic acids is 1. The smallest absolute Gasteiger partial charge is 0.258 e. The van der Waals surface area contributed by atoms with Gasteiger partial charge >= 0.3 is 0 Å². The minimum absolute atomic E-state index is 0.195. The van der Waals surface area contributed by atoms with Crippen molar-refractivity contribution in [2.45, 2.75) is 24.3 Å². The Hall–Kier alpha value is -1.98. The number of hydrogen-bond acceptors (Lipinski definition) is 5. The molecule has 144 valence electrons. The largest absolute Gasteiger partial charge is 0.298 e. The second kappa shape index (κ2) is 9.99. The number of benzene rings is 2. The van der Waals surface area contributed by atoms with E-state index in [1.54, 1.807) is 22.5 Å². The van der Waals surface area contributed by atoms with Crippen molar-refractivity contribution in [1.82, 2.24) is 20.2 Å². The van der Waals surface area contributed by atoms with Gasteiger partial charge in [0.15, 0.2) is 10.9 Å². The summed E-state index contributed by atoms with van der Waals surface area (Å²) in [6, 6.07) is 17.5. The van der Waals surface area contributed by atoms with Gasteiger partial charge in [0, 0.05) is 15.7 Å². The summed E-state index contributed by atoms with van der Waals surface area (Å²) in [5, 5.41) is 12.1. The van der Waals surface area contributed by atoms with Crippen LogP contribution >= 0.6 is 46.6 Å². The van der Waals surface area contributed by atoms with Crippen LogP contribution in [-0.2, 0) is 12.2 Å². The third kappa shape index (κ3) is 5.30. The molecule has 0 saturated heterocycles. The molecule has 0 bridgehead atoms. The number of amides is 1. The summed E-state index contributed by atoms with van der Waals surface area (Å²) in [5.41, 5.74) is 4.80. The predicted molar refractivity (Wildman–Crippen MR) is 124 cm³/mol. The van der Waals surface area contributed by atoms with E-state index >= 15 is 0 Å². The molecule has 2 N–H and O–H groups in total. The van der Waals surface area contributed by atoms with Crippen LogP contribution in [-0.4, -0.2) is 25.9 Å². The molecule has 0 aliphatic heterocycles. The summed E-state index contributed by atoms with van der Waals surface area (Å²) < 4.78 is 2.59. The molecule has 0 fully saturated rings. The van der Waals surface area contributed by atoms with Gasteiger partial charge in [-0.05, 0) is 52.5 Å². The fourth-order valence-electron chi connectivity index (χ4n) is 2.40. The number of nitrogens with one attached hydrogen (secondary N) is 2. The zero-order valence-corrected chi connectivity index (χ0v) is 18.8. The lowest BCUT2D eigenvalue weighted by Crippen LogP contribution is -2.39. The van der Waals surface area contributed by atoms with E-state index in [9.17, 15) is 4.79 Å². The zero-order valence-electron chi connectivity index (χ0n) is 15.1. The fourth-order valence-corrected chi connectivity index (χ4v) is 4.09. The topological polar surface area (TPSA) is 71.8 Å². The number of halogens is 1. The van der Waals surface area contributed by atoms with Gasteiger partial charge in [0.05, 0.1) is 5.56 Å². The Morgan fingerprint density at radius 1 is 1.14 bits per heavy atom. The second-order valence-corrected chi connectivity index (χ2v) is 8.25. The van der Waals surface area contributed by atoms with Gasteiger partial charge < -0.3 is 0 Å². The van der Waals surface area contributed by atoms with E-state index in [1.807, 2.05) is 43.3 Å². The Bertz CT molecular complexity index is 977. The standard InChI is InChI=1S/C19H18IN5OS2/c1-2-16-22-23-19(28-12-13-8-4-3-5-9-13)25(16)24-18(27)21-17(26)14-10-6-7-11-15(14)20/h3-11H,2,12H2,1H3,(H2,21,24,26,27). The molecule has 0 aliphatic rings. The van der Waals surface area contributed by atoms with Crippen LogP contribution in [0.5, 0.6) is 0 Å². The number of thioether (sulfide) groups is 1. The van der Waals surface area contributed by atoms with E-state index < -0.39 is 0 Å². The Kier molecular flexibility index (Phi) is 7.40. The molecule has 0 atom stereocenters. The van der Waals surface area contributed by atoms with E-state index in [-0.39, 0.29) is 11.0 Å². The van der Waals surface area contributed by atoms with Gasteiger partial charge in [-0.3, -0.25) is 15.5 Å². The van der Waals surface area contributed by atoms with E-state index in [2.05, 4.69) is 55.7 Å². The summed E-state index contributed by atoms with van der Waals surface area (Å²) in [4.78, 5) is 12.5. The first-order valence-electron chi connectivity index (χ1n) is 8.56. The number of hydrogen-bond donors (Lipinski definition) is 2. The maximum atomic E-state index is 12.5. The molecule has 0 unspecified atom stereocenters. The van der Waals surface area contributed by atoms with Crippen molar-refractivity contribution in [3.05, 3.63) is 75.1 Å². The summed E-state index contributed by atoms with van der Waals surface area (Å²) in [6.07, 6.45) is 0.680. The zero-order chi connectivity index (χ0) is 19.9. The minimum atomic E-state index is -0.257. The van der Waals surface area contributed by atoms with Gasteiger partial charge in [-0.2, -0.15) is 0 Å². The lowest BCUT2D eigenvalue weighted by atomic mass is 10.2. The average molecular weight is 523 g/mol. The van der Waals surface area contributed by atoms with E-state index in [0.29, 0.717) is 17.1 Å². The first-order chi connectivity index (χ1) is 13.6. The summed E-state index contributed by atoms with van der Waals surface area (Å²) in [7, 11) is 0. The number of carbonyl (C=O) groups is 1. The van der Waals surface area contributed by atoms with Crippen LogP contribution in [0, 0.1) is 3.57 Å². The normalized spacial score (nSPS) is 10.5. The van der Waals surface area contributed by atoms with Crippen LogP contribution in [0.4, 0.5) is 0 Å². The van der Waals surface area contributed by atoms with Crippen LogP contribution < -0.4 is 10.7 Å². The molecule has 0 saturated carbocycles. The van der Waals surface area contributed by atoms with E-state index in [0.717, 1.165) is 15.1 Å². The van der Waals surface area contributed by atoms with Crippen LogP contribution in [0.2, 0.25) is 0 Å². The predicted octanol–water partition coefficient (Wildman–Crippen LogP) is 4.00. The third-order valence-corrected chi connectivity index (χ3v) is 5.92. The van der Waals surface area contributed by atoms with Gasteiger partial charge in [0.25, 0.3) is 5.91 Å². The number of aryl methyl sites for hydroxylation is 1. The molecule has 0 aliphatic carbocycles. The summed E-state index contributed by atoms with van der Waals surface area (Å²) in [5.74, 6) is 1.24. The fraction of sp³-hybridized carbons (Fsp3) is 0.158. The lowest BCUT2D eigenvalue weighted by Gasteiger charge is -2.14. The highest BCUT2D eigenvalue weighted by Crippen LogP contribution is 2.21. The van der Waals surface area contributed by atoms with Crippen LogP contribution in [0.25, 0.3) is 0 Å². The molecular weight excluding hydrogens is 505 g/mol. The Morgan fingerprint density at radius 2 is 1.86 bits per heavy atom.